The van der Waals surface area contributed by atoms with E-state index in [0.717, 1.165) is 11.8 Å². The number of hydrogen-bond donors (Lipinski definition) is 4. The molecule has 0 bridgehead atoms. The van der Waals surface area contributed by atoms with E-state index in [0.29, 0.717) is 5.75 Å². The highest BCUT2D eigenvalue weighted by Crippen LogP contribution is 2.00. The van der Waals surface area contributed by atoms with Crippen molar-refractivity contribution in [3.63, 3.8) is 0 Å². The molecular formula is C8H13NO5S2. The highest BCUT2D eigenvalue weighted by Gasteiger charge is 2.18. The van der Waals surface area contributed by atoms with Gasteiger partial charge in [0.15, 0.2) is 0 Å². The number of hydrogen-bond acceptors (Lipinski definition) is 5. The summed E-state index contributed by atoms with van der Waals surface area (Å²) in [6.07, 6.45) is 0.230. The zero-order valence-electron chi connectivity index (χ0n) is 8.38. The van der Waals surface area contributed by atoms with E-state index >= 15 is 0 Å². The van der Waals surface area contributed by atoms with Crippen LogP contribution in [-0.4, -0.2) is 51.4 Å². The number of carboxylic acid groups (broad SMARTS) is 2. The van der Waals surface area contributed by atoms with Gasteiger partial charge in [-0.05, 0) is 12.2 Å². The van der Waals surface area contributed by atoms with Crippen molar-refractivity contribution in [2.75, 3.05) is 17.3 Å². The Bertz CT molecular complexity index is 271. The molecule has 0 aliphatic carbocycles. The third kappa shape index (κ3) is 7.41. The Morgan fingerprint density at radius 2 is 1.88 bits per heavy atom. The van der Waals surface area contributed by atoms with Crippen molar-refractivity contribution in [1.82, 2.24) is 5.32 Å². The first-order valence-corrected chi connectivity index (χ1v) is 6.18. The molecule has 1 amide bonds. The number of carbonyl (C=O) groups excluding carboxylic acids is 1. The number of thiol groups is 1. The topological polar surface area (TPSA) is 104 Å². The molecule has 0 saturated heterocycles. The normalized spacial score (nSPS) is 11.8. The Hall–Kier alpha value is -0.890. The fraction of sp³-hybridized carbons (Fsp3) is 0.625. The summed E-state index contributed by atoms with van der Waals surface area (Å²) in [5.74, 6) is -2.52. The lowest BCUT2D eigenvalue weighted by Gasteiger charge is -2.12. The van der Waals surface area contributed by atoms with Crippen LogP contribution in [0.5, 0.6) is 0 Å². The second-order valence-electron chi connectivity index (χ2n) is 2.86. The molecule has 6 nitrogen and oxygen atoms in total. The van der Waals surface area contributed by atoms with E-state index in [-0.39, 0.29) is 17.9 Å². The number of carbonyl (C=O) groups is 3. The molecule has 0 aliphatic rings. The van der Waals surface area contributed by atoms with Gasteiger partial charge in [0.2, 0.25) is 5.91 Å². The lowest BCUT2D eigenvalue weighted by atomic mass is 10.2. The molecule has 0 aromatic heterocycles. The maximum Gasteiger partial charge on any atom is 0.326 e. The fourth-order valence-corrected chi connectivity index (χ4v) is 1.66. The molecule has 0 fully saturated rings. The van der Waals surface area contributed by atoms with E-state index in [1.807, 2.05) is 0 Å². The second kappa shape index (κ2) is 8.28. The molecule has 0 spiro atoms. The second-order valence-corrected chi connectivity index (χ2v) is 4.29. The average molecular weight is 267 g/mol. The van der Waals surface area contributed by atoms with E-state index in [1.165, 1.54) is 0 Å². The van der Waals surface area contributed by atoms with E-state index < -0.39 is 23.9 Å². The monoisotopic (exact) mass is 267 g/mol. The van der Waals surface area contributed by atoms with Crippen LogP contribution in [0.4, 0.5) is 0 Å². The predicted octanol–water partition coefficient (Wildman–Crippen LogP) is -0.307. The molecule has 0 heterocycles. The van der Waals surface area contributed by atoms with Gasteiger partial charge in [-0.15, -0.1) is 11.8 Å². The Labute approximate surface area is 102 Å². The van der Waals surface area contributed by atoms with Crippen LogP contribution in [-0.2, 0) is 14.4 Å². The first kappa shape index (κ1) is 15.1. The van der Waals surface area contributed by atoms with Gasteiger partial charge in [0.25, 0.3) is 0 Å². The van der Waals surface area contributed by atoms with Crippen molar-refractivity contribution >= 4 is 42.2 Å². The number of aliphatic carboxylic acids is 2. The van der Waals surface area contributed by atoms with Gasteiger partial charge in [-0.3, -0.25) is 9.59 Å². The summed E-state index contributed by atoms with van der Waals surface area (Å²) in [6, 6.07) is -0.963. The van der Waals surface area contributed by atoms with Gasteiger partial charge in [0, 0.05) is 0 Å². The molecule has 0 aromatic rings. The summed E-state index contributed by atoms with van der Waals surface area (Å²) in [5.41, 5.74) is 0. The number of rotatable bonds is 8. The highest BCUT2D eigenvalue weighted by molar-refractivity contribution is 8.00. The molecule has 0 unspecified atom stereocenters. The number of amides is 1. The minimum absolute atomic E-state index is 0.0668. The van der Waals surface area contributed by atoms with E-state index in [9.17, 15) is 14.4 Å². The summed E-state index contributed by atoms with van der Waals surface area (Å²) in [5, 5.41) is 19.3. The maximum absolute atomic E-state index is 11.2. The lowest BCUT2D eigenvalue weighted by molar-refractivity contribution is -0.141. The number of carboxylic acids is 2. The fourth-order valence-electron chi connectivity index (χ4n) is 0.854. The van der Waals surface area contributed by atoms with Gasteiger partial charge in [-0.25, -0.2) is 4.79 Å². The first-order chi connectivity index (χ1) is 7.47. The highest BCUT2D eigenvalue weighted by atomic mass is 32.2. The quantitative estimate of drug-likeness (QED) is 0.450. The third-order valence-electron chi connectivity index (χ3n) is 1.51. The number of thioether (sulfide) groups is 1. The zero-order chi connectivity index (χ0) is 12.6. The van der Waals surface area contributed by atoms with Gasteiger partial charge in [0.1, 0.15) is 6.04 Å². The van der Waals surface area contributed by atoms with Crippen molar-refractivity contribution in [2.45, 2.75) is 12.5 Å². The summed E-state index contributed by atoms with van der Waals surface area (Å²) in [7, 11) is 0. The van der Waals surface area contributed by atoms with Crippen LogP contribution in [0.15, 0.2) is 0 Å². The van der Waals surface area contributed by atoms with Crippen molar-refractivity contribution in [3.05, 3.63) is 0 Å². The summed E-state index contributed by atoms with van der Waals surface area (Å²) >= 11 is 4.79. The summed E-state index contributed by atoms with van der Waals surface area (Å²) < 4.78 is 0. The van der Waals surface area contributed by atoms with Crippen LogP contribution in [0.2, 0.25) is 0 Å². The Kier molecular flexibility index (Phi) is 7.82. The van der Waals surface area contributed by atoms with Gasteiger partial charge >= 0.3 is 11.9 Å². The number of nitrogens with one attached hydrogen (secondary N) is 1. The van der Waals surface area contributed by atoms with Crippen LogP contribution in [0.25, 0.3) is 0 Å². The molecule has 8 heteroatoms. The lowest BCUT2D eigenvalue weighted by Crippen LogP contribution is -2.42. The SMILES string of the molecule is O=C(O)CSCC(=O)N[C@@H](CCS)C(=O)O. The maximum atomic E-state index is 11.2. The van der Waals surface area contributed by atoms with Gasteiger partial charge in [-0.2, -0.15) is 12.6 Å². The Balaban J connectivity index is 3.90. The molecule has 92 valence electrons. The van der Waals surface area contributed by atoms with Crippen molar-refractivity contribution in [2.24, 2.45) is 0 Å². The predicted molar refractivity (Wildman–Crippen MR) is 63.0 cm³/mol. The third-order valence-corrected chi connectivity index (χ3v) is 2.69. The molecule has 0 saturated carbocycles. The largest absolute Gasteiger partial charge is 0.481 e. The molecule has 0 aromatic carbocycles. The van der Waals surface area contributed by atoms with Crippen LogP contribution in [0.1, 0.15) is 6.42 Å². The van der Waals surface area contributed by atoms with E-state index in [1.54, 1.807) is 0 Å². The Morgan fingerprint density at radius 3 is 2.31 bits per heavy atom. The van der Waals surface area contributed by atoms with Crippen LogP contribution >= 0.6 is 24.4 Å². The van der Waals surface area contributed by atoms with Crippen LogP contribution in [0.3, 0.4) is 0 Å². The molecule has 16 heavy (non-hydrogen) atoms. The molecule has 3 N–H and O–H groups in total. The van der Waals surface area contributed by atoms with Crippen LogP contribution in [0, 0.1) is 0 Å². The minimum atomic E-state index is -1.12. The smallest absolute Gasteiger partial charge is 0.326 e. The molecule has 0 rings (SSSR count). The van der Waals surface area contributed by atoms with Crippen molar-refractivity contribution in [3.8, 4) is 0 Å². The van der Waals surface area contributed by atoms with Crippen LogP contribution < -0.4 is 5.32 Å². The summed E-state index contributed by atoms with van der Waals surface area (Å²) in [4.78, 5) is 32.0. The molecular weight excluding hydrogens is 254 g/mol. The Morgan fingerprint density at radius 1 is 1.25 bits per heavy atom. The minimum Gasteiger partial charge on any atom is -0.481 e. The first-order valence-electron chi connectivity index (χ1n) is 4.40. The average Bonchev–Trinajstić information content (AvgIpc) is 2.16. The summed E-state index contributed by atoms with van der Waals surface area (Å²) in [6.45, 7) is 0. The molecule has 1 atom stereocenters. The van der Waals surface area contributed by atoms with E-state index in [4.69, 9.17) is 10.2 Å². The van der Waals surface area contributed by atoms with Crippen molar-refractivity contribution in [1.29, 1.82) is 0 Å². The molecule has 0 aliphatic heterocycles. The van der Waals surface area contributed by atoms with Gasteiger partial charge in [0.05, 0.1) is 11.5 Å². The van der Waals surface area contributed by atoms with E-state index in [2.05, 4.69) is 17.9 Å². The van der Waals surface area contributed by atoms with Gasteiger partial charge in [-0.1, -0.05) is 0 Å². The van der Waals surface area contributed by atoms with Gasteiger partial charge < -0.3 is 15.5 Å². The van der Waals surface area contributed by atoms with Crippen molar-refractivity contribution < 1.29 is 24.6 Å². The zero-order valence-corrected chi connectivity index (χ0v) is 10.1. The standard InChI is InChI=1S/C8H13NO5S2/c10-6(3-16-4-7(11)12)9-5(1-2-15)8(13)14/h5,15H,1-4H2,(H,9,10)(H,11,12)(H,13,14)/t5-/m0/s1. The molecule has 0 radical (unpaired) electrons.